The lowest BCUT2D eigenvalue weighted by Gasteiger charge is -2.12. The van der Waals surface area contributed by atoms with E-state index in [1.165, 1.54) is 0 Å². The molecule has 2 amide bonds. The van der Waals surface area contributed by atoms with Crippen LogP contribution in [0.4, 0.5) is 0 Å². The minimum Gasteiger partial charge on any atom is -0.490 e. The summed E-state index contributed by atoms with van der Waals surface area (Å²) < 4.78 is 12.2. The number of nitrogens with one attached hydrogen (secondary N) is 2. The fraction of sp³-hybridized carbons (Fsp3) is 0.261. The zero-order valence-electron chi connectivity index (χ0n) is 17.7. The monoisotopic (exact) mass is 439 g/mol. The first kappa shape index (κ1) is 22.3. The second-order valence-electron chi connectivity index (χ2n) is 6.59. The molecule has 0 unspecified atom stereocenters. The molecule has 7 nitrogen and oxygen atoms in total. The fourth-order valence-corrected chi connectivity index (χ4v) is 3.96. The van der Waals surface area contributed by atoms with Gasteiger partial charge >= 0.3 is 0 Å². The van der Waals surface area contributed by atoms with Crippen molar-refractivity contribution in [1.29, 1.82) is 0 Å². The normalized spacial score (nSPS) is 11.3. The standard InChI is InChI=1S/C23H25N3O4S/c1-4-29-19-11-10-16(12-20(19)30-5-2)23(28)24-13-22(27)26-25-15(3)18-14-31-21-9-7-6-8-17(18)21/h6-12,14H,4-5,13H2,1-3H3,(H,24,28)(H,26,27). The Morgan fingerprint density at radius 2 is 1.77 bits per heavy atom. The molecule has 1 aromatic heterocycles. The van der Waals surface area contributed by atoms with Crippen LogP contribution in [-0.4, -0.2) is 37.3 Å². The molecule has 0 spiro atoms. The molecule has 3 aromatic rings. The number of thiophene rings is 1. The van der Waals surface area contributed by atoms with Crippen LogP contribution in [0, 0.1) is 0 Å². The Labute approximate surface area is 185 Å². The van der Waals surface area contributed by atoms with E-state index in [1.807, 2.05) is 50.4 Å². The molecule has 0 atom stereocenters. The highest BCUT2D eigenvalue weighted by Crippen LogP contribution is 2.28. The second-order valence-corrected chi connectivity index (χ2v) is 7.50. The van der Waals surface area contributed by atoms with Gasteiger partial charge in [0.2, 0.25) is 0 Å². The highest BCUT2D eigenvalue weighted by molar-refractivity contribution is 7.17. The molecule has 2 aromatic carbocycles. The molecule has 1 heterocycles. The Balaban J connectivity index is 1.58. The van der Waals surface area contributed by atoms with E-state index in [9.17, 15) is 9.59 Å². The van der Waals surface area contributed by atoms with Crippen LogP contribution >= 0.6 is 11.3 Å². The Kier molecular flexibility index (Phi) is 7.61. The number of rotatable bonds is 9. The van der Waals surface area contributed by atoms with E-state index in [-0.39, 0.29) is 12.5 Å². The summed E-state index contributed by atoms with van der Waals surface area (Å²) in [6.07, 6.45) is 0. The summed E-state index contributed by atoms with van der Waals surface area (Å²) in [5.74, 6) is 0.265. The van der Waals surface area contributed by atoms with E-state index >= 15 is 0 Å². The third-order valence-electron chi connectivity index (χ3n) is 4.43. The molecule has 0 fully saturated rings. The van der Waals surface area contributed by atoms with Gasteiger partial charge < -0.3 is 14.8 Å². The first-order valence-electron chi connectivity index (χ1n) is 10.0. The third kappa shape index (κ3) is 5.61. The molecule has 0 aliphatic rings. The number of hydrogen-bond acceptors (Lipinski definition) is 6. The van der Waals surface area contributed by atoms with E-state index in [2.05, 4.69) is 15.8 Å². The highest BCUT2D eigenvalue weighted by atomic mass is 32.1. The van der Waals surface area contributed by atoms with Gasteiger partial charge in [-0.2, -0.15) is 5.10 Å². The minimum atomic E-state index is -0.414. The molecule has 162 valence electrons. The first-order chi connectivity index (χ1) is 15.0. The number of hydrazone groups is 1. The zero-order valence-corrected chi connectivity index (χ0v) is 18.5. The van der Waals surface area contributed by atoms with Crippen molar-refractivity contribution < 1.29 is 19.1 Å². The van der Waals surface area contributed by atoms with Crippen molar-refractivity contribution in [2.75, 3.05) is 19.8 Å². The number of carbonyl (C=O) groups is 2. The smallest absolute Gasteiger partial charge is 0.259 e. The Hall–Kier alpha value is -3.39. The molecular weight excluding hydrogens is 414 g/mol. The van der Waals surface area contributed by atoms with Crippen molar-refractivity contribution in [3.8, 4) is 11.5 Å². The topological polar surface area (TPSA) is 89.0 Å². The van der Waals surface area contributed by atoms with E-state index in [1.54, 1.807) is 29.5 Å². The summed E-state index contributed by atoms with van der Waals surface area (Å²) >= 11 is 1.63. The molecule has 0 radical (unpaired) electrons. The lowest BCUT2D eigenvalue weighted by molar-refractivity contribution is -0.120. The van der Waals surface area contributed by atoms with Crippen LogP contribution in [0.3, 0.4) is 0 Å². The van der Waals surface area contributed by atoms with Gasteiger partial charge in [0.25, 0.3) is 11.8 Å². The summed E-state index contributed by atoms with van der Waals surface area (Å²) in [5.41, 5.74) is 4.55. The summed E-state index contributed by atoms with van der Waals surface area (Å²) in [7, 11) is 0. The maximum atomic E-state index is 12.4. The summed E-state index contributed by atoms with van der Waals surface area (Å²) in [6, 6.07) is 12.9. The Morgan fingerprint density at radius 1 is 1.03 bits per heavy atom. The van der Waals surface area contributed by atoms with E-state index < -0.39 is 5.91 Å². The number of amides is 2. The molecule has 8 heteroatoms. The number of hydrogen-bond donors (Lipinski definition) is 2. The van der Waals surface area contributed by atoms with Crippen LogP contribution in [0.15, 0.2) is 52.9 Å². The predicted molar refractivity (Wildman–Crippen MR) is 123 cm³/mol. The number of fused-ring (bicyclic) bond motifs is 1. The van der Waals surface area contributed by atoms with Crippen molar-refractivity contribution in [2.45, 2.75) is 20.8 Å². The quantitative estimate of drug-likeness (QED) is 0.390. The lowest BCUT2D eigenvalue weighted by Crippen LogP contribution is -2.35. The van der Waals surface area contributed by atoms with E-state index in [0.29, 0.717) is 36.0 Å². The van der Waals surface area contributed by atoms with Gasteiger partial charge in [-0.25, -0.2) is 5.43 Å². The SMILES string of the molecule is CCOc1ccc(C(=O)NCC(=O)NN=C(C)c2csc3ccccc23)cc1OCC. The molecule has 0 saturated heterocycles. The van der Waals surface area contributed by atoms with Gasteiger partial charge in [0, 0.05) is 26.6 Å². The van der Waals surface area contributed by atoms with Crippen LogP contribution in [0.2, 0.25) is 0 Å². The zero-order chi connectivity index (χ0) is 22.2. The van der Waals surface area contributed by atoms with Crippen LogP contribution in [0.5, 0.6) is 11.5 Å². The third-order valence-corrected chi connectivity index (χ3v) is 5.40. The number of ether oxygens (including phenoxy) is 2. The fourth-order valence-electron chi connectivity index (χ4n) is 2.96. The van der Waals surface area contributed by atoms with Gasteiger partial charge in [0.15, 0.2) is 11.5 Å². The van der Waals surface area contributed by atoms with Crippen molar-refractivity contribution >= 4 is 38.9 Å². The van der Waals surface area contributed by atoms with Crippen LogP contribution in [-0.2, 0) is 4.79 Å². The average molecular weight is 440 g/mol. The number of nitrogens with zero attached hydrogens (tertiary/aromatic N) is 1. The van der Waals surface area contributed by atoms with E-state index in [0.717, 1.165) is 15.6 Å². The molecule has 0 bridgehead atoms. The minimum absolute atomic E-state index is 0.197. The average Bonchev–Trinajstić information content (AvgIpc) is 3.21. The molecule has 0 saturated carbocycles. The van der Waals surface area contributed by atoms with Crippen LogP contribution in [0.25, 0.3) is 10.1 Å². The van der Waals surface area contributed by atoms with Crippen molar-refractivity contribution in [2.24, 2.45) is 5.10 Å². The predicted octanol–water partition coefficient (Wildman–Crippen LogP) is 3.97. The maximum absolute atomic E-state index is 12.4. The van der Waals surface area contributed by atoms with Crippen LogP contribution < -0.4 is 20.2 Å². The Bertz CT molecular complexity index is 1110. The van der Waals surface area contributed by atoms with Gasteiger partial charge in [-0.05, 0) is 45.0 Å². The first-order valence-corrected chi connectivity index (χ1v) is 10.9. The molecule has 0 aliphatic heterocycles. The summed E-state index contributed by atoms with van der Waals surface area (Å²) in [6.45, 7) is 6.31. The van der Waals surface area contributed by atoms with Crippen molar-refractivity contribution in [3.63, 3.8) is 0 Å². The number of benzene rings is 2. The molecule has 31 heavy (non-hydrogen) atoms. The highest BCUT2D eigenvalue weighted by Gasteiger charge is 2.13. The molecule has 2 N–H and O–H groups in total. The largest absolute Gasteiger partial charge is 0.490 e. The molecule has 0 aliphatic carbocycles. The molecule has 3 rings (SSSR count). The summed E-state index contributed by atoms with van der Waals surface area (Å²) in [4.78, 5) is 24.6. The Morgan fingerprint density at radius 3 is 2.55 bits per heavy atom. The van der Waals surface area contributed by atoms with Gasteiger partial charge in [-0.1, -0.05) is 18.2 Å². The van der Waals surface area contributed by atoms with Crippen molar-refractivity contribution in [3.05, 3.63) is 59.0 Å². The van der Waals surface area contributed by atoms with Crippen molar-refractivity contribution in [1.82, 2.24) is 10.7 Å². The van der Waals surface area contributed by atoms with Crippen LogP contribution in [0.1, 0.15) is 36.7 Å². The molecular formula is C23H25N3O4S. The lowest BCUT2D eigenvalue weighted by atomic mass is 10.1. The van der Waals surface area contributed by atoms with E-state index in [4.69, 9.17) is 9.47 Å². The number of carbonyl (C=O) groups excluding carboxylic acids is 2. The van der Waals surface area contributed by atoms with Gasteiger partial charge in [0.05, 0.1) is 25.5 Å². The summed E-state index contributed by atoms with van der Waals surface area (Å²) in [5, 5.41) is 9.87. The van der Waals surface area contributed by atoms with Gasteiger partial charge in [-0.15, -0.1) is 11.3 Å². The maximum Gasteiger partial charge on any atom is 0.259 e. The van der Waals surface area contributed by atoms with Gasteiger partial charge in [-0.3, -0.25) is 9.59 Å². The van der Waals surface area contributed by atoms with Gasteiger partial charge in [0.1, 0.15) is 0 Å². The second kappa shape index (κ2) is 10.6.